The van der Waals surface area contributed by atoms with Crippen molar-refractivity contribution in [3.05, 3.63) is 18.7 Å². The number of aromatic nitrogens is 5. The molecule has 19 heavy (non-hydrogen) atoms. The van der Waals surface area contributed by atoms with E-state index in [2.05, 4.69) is 37.5 Å². The SMILES string of the molecule is CNc1nc(NCC2(C)CC2)nc(-n2ccnc2)n1. The normalized spacial score (nSPS) is 16.1. The van der Waals surface area contributed by atoms with Crippen molar-refractivity contribution in [2.75, 3.05) is 24.2 Å². The Hall–Kier alpha value is -2.18. The summed E-state index contributed by atoms with van der Waals surface area (Å²) in [7, 11) is 1.79. The second-order valence-electron chi connectivity index (χ2n) is 5.17. The van der Waals surface area contributed by atoms with Gasteiger partial charge in [-0.1, -0.05) is 6.92 Å². The number of imidazole rings is 1. The van der Waals surface area contributed by atoms with Gasteiger partial charge in [-0.2, -0.15) is 15.0 Å². The maximum atomic E-state index is 4.40. The Bertz CT molecular complexity index is 559. The lowest BCUT2D eigenvalue weighted by molar-refractivity contribution is 0.607. The van der Waals surface area contributed by atoms with Gasteiger partial charge in [0.2, 0.25) is 17.8 Å². The molecule has 0 bridgehead atoms. The van der Waals surface area contributed by atoms with E-state index in [0.29, 0.717) is 23.3 Å². The van der Waals surface area contributed by atoms with E-state index >= 15 is 0 Å². The molecule has 1 aliphatic carbocycles. The third-order valence-electron chi connectivity index (χ3n) is 3.36. The Morgan fingerprint density at radius 3 is 2.68 bits per heavy atom. The second kappa shape index (κ2) is 4.49. The highest BCUT2D eigenvalue weighted by Gasteiger charge is 2.37. The summed E-state index contributed by atoms with van der Waals surface area (Å²) in [5.41, 5.74) is 0.404. The zero-order valence-electron chi connectivity index (χ0n) is 11.1. The molecule has 0 amide bonds. The van der Waals surface area contributed by atoms with Crippen molar-refractivity contribution in [1.29, 1.82) is 0 Å². The summed E-state index contributed by atoms with van der Waals surface area (Å²) in [6, 6.07) is 0. The molecule has 2 aromatic heterocycles. The molecule has 0 unspecified atom stereocenters. The first-order valence-corrected chi connectivity index (χ1v) is 6.35. The molecule has 0 atom stereocenters. The lowest BCUT2D eigenvalue weighted by atomic mass is 10.1. The first-order valence-electron chi connectivity index (χ1n) is 6.35. The minimum Gasteiger partial charge on any atom is -0.357 e. The highest BCUT2D eigenvalue weighted by Crippen LogP contribution is 2.44. The van der Waals surface area contributed by atoms with Gasteiger partial charge in [0.05, 0.1) is 0 Å². The summed E-state index contributed by atoms with van der Waals surface area (Å²) < 4.78 is 1.76. The van der Waals surface area contributed by atoms with Crippen molar-refractivity contribution in [3.63, 3.8) is 0 Å². The summed E-state index contributed by atoms with van der Waals surface area (Å²) in [4.78, 5) is 17.0. The van der Waals surface area contributed by atoms with Crippen molar-refractivity contribution in [3.8, 4) is 5.95 Å². The first-order chi connectivity index (χ1) is 9.18. The Labute approximate surface area is 111 Å². The highest BCUT2D eigenvalue weighted by atomic mass is 15.3. The zero-order valence-corrected chi connectivity index (χ0v) is 11.1. The molecule has 7 heteroatoms. The van der Waals surface area contributed by atoms with Crippen LogP contribution >= 0.6 is 0 Å². The van der Waals surface area contributed by atoms with Gasteiger partial charge in [-0.15, -0.1) is 0 Å². The number of nitrogens with zero attached hydrogens (tertiary/aromatic N) is 5. The zero-order chi connectivity index (χ0) is 13.3. The third-order valence-corrected chi connectivity index (χ3v) is 3.36. The monoisotopic (exact) mass is 259 g/mol. The average Bonchev–Trinajstić information content (AvgIpc) is 2.95. The molecule has 2 N–H and O–H groups in total. The van der Waals surface area contributed by atoms with Gasteiger partial charge in [0.1, 0.15) is 6.33 Å². The van der Waals surface area contributed by atoms with Crippen LogP contribution in [-0.4, -0.2) is 38.1 Å². The van der Waals surface area contributed by atoms with E-state index in [4.69, 9.17) is 0 Å². The van der Waals surface area contributed by atoms with E-state index in [0.717, 1.165) is 6.54 Å². The molecule has 0 spiro atoms. The molecular formula is C12H17N7. The number of hydrogen-bond acceptors (Lipinski definition) is 6. The van der Waals surface area contributed by atoms with Gasteiger partial charge in [0.25, 0.3) is 0 Å². The molecule has 1 saturated carbocycles. The van der Waals surface area contributed by atoms with E-state index in [-0.39, 0.29) is 0 Å². The van der Waals surface area contributed by atoms with Gasteiger partial charge in [0.15, 0.2) is 0 Å². The Balaban J connectivity index is 1.84. The standard InChI is InChI=1S/C12H17N7/c1-12(3-4-12)7-15-10-16-9(13-2)17-11(18-10)19-6-5-14-8-19/h5-6,8H,3-4,7H2,1-2H3,(H2,13,15,16,17,18). The van der Waals surface area contributed by atoms with Gasteiger partial charge < -0.3 is 10.6 Å². The van der Waals surface area contributed by atoms with Crippen LogP contribution in [0.2, 0.25) is 0 Å². The van der Waals surface area contributed by atoms with Crippen LogP contribution in [0.4, 0.5) is 11.9 Å². The van der Waals surface area contributed by atoms with Crippen molar-refractivity contribution in [2.45, 2.75) is 19.8 Å². The average molecular weight is 259 g/mol. The Morgan fingerprint density at radius 1 is 1.26 bits per heavy atom. The number of hydrogen-bond donors (Lipinski definition) is 2. The topological polar surface area (TPSA) is 80.5 Å². The van der Waals surface area contributed by atoms with Gasteiger partial charge in [-0.05, 0) is 18.3 Å². The molecule has 2 aromatic rings. The molecule has 7 nitrogen and oxygen atoms in total. The van der Waals surface area contributed by atoms with Gasteiger partial charge in [-0.3, -0.25) is 4.57 Å². The van der Waals surface area contributed by atoms with E-state index in [1.165, 1.54) is 12.8 Å². The lowest BCUT2D eigenvalue weighted by Crippen LogP contribution is -2.16. The number of nitrogens with one attached hydrogen (secondary N) is 2. The fourth-order valence-electron chi connectivity index (χ4n) is 1.73. The molecule has 0 aromatic carbocycles. The highest BCUT2D eigenvalue weighted by molar-refractivity contribution is 5.37. The van der Waals surface area contributed by atoms with Crippen molar-refractivity contribution < 1.29 is 0 Å². The molecule has 0 radical (unpaired) electrons. The summed E-state index contributed by atoms with van der Waals surface area (Å²) in [6.07, 6.45) is 7.69. The van der Waals surface area contributed by atoms with E-state index in [1.54, 1.807) is 30.3 Å². The van der Waals surface area contributed by atoms with E-state index in [1.807, 2.05) is 0 Å². The third kappa shape index (κ3) is 2.64. The van der Waals surface area contributed by atoms with Gasteiger partial charge in [-0.25, -0.2) is 4.98 Å². The fraction of sp³-hybridized carbons (Fsp3) is 0.500. The van der Waals surface area contributed by atoms with Crippen LogP contribution in [0.3, 0.4) is 0 Å². The number of rotatable bonds is 5. The fourth-order valence-corrected chi connectivity index (χ4v) is 1.73. The summed E-state index contributed by atoms with van der Waals surface area (Å²) in [5, 5.41) is 6.23. The van der Waals surface area contributed by atoms with Crippen LogP contribution in [0.25, 0.3) is 5.95 Å². The molecule has 3 rings (SSSR count). The lowest BCUT2D eigenvalue weighted by Gasteiger charge is -2.11. The number of anilines is 2. The van der Waals surface area contributed by atoms with Crippen LogP contribution < -0.4 is 10.6 Å². The van der Waals surface area contributed by atoms with E-state index < -0.39 is 0 Å². The molecule has 0 saturated heterocycles. The Morgan fingerprint density at radius 2 is 2.05 bits per heavy atom. The minimum atomic E-state index is 0.404. The molecule has 1 fully saturated rings. The smallest absolute Gasteiger partial charge is 0.241 e. The first kappa shape index (κ1) is 11.9. The summed E-state index contributed by atoms with van der Waals surface area (Å²) in [6.45, 7) is 3.15. The predicted molar refractivity (Wildman–Crippen MR) is 72.3 cm³/mol. The van der Waals surface area contributed by atoms with Crippen molar-refractivity contribution >= 4 is 11.9 Å². The molecule has 2 heterocycles. The summed E-state index contributed by atoms with van der Waals surface area (Å²) >= 11 is 0. The minimum absolute atomic E-state index is 0.404. The predicted octanol–water partition coefficient (Wildman–Crippen LogP) is 1.31. The maximum Gasteiger partial charge on any atom is 0.241 e. The molecule has 1 aliphatic rings. The van der Waals surface area contributed by atoms with Crippen LogP contribution in [0, 0.1) is 5.41 Å². The van der Waals surface area contributed by atoms with E-state index in [9.17, 15) is 0 Å². The van der Waals surface area contributed by atoms with Crippen LogP contribution in [0.15, 0.2) is 18.7 Å². The van der Waals surface area contributed by atoms with Crippen molar-refractivity contribution in [1.82, 2.24) is 24.5 Å². The maximum absolute atomic E-state index is 4.40. The van der Waals surface area contributed by atoms with Gasteiger partial charge in [0, 0.05) is 26.0 Å². The quantitative estimate of drug-likeness (QED) is 0.842. The van der Waals surface area contributed by atoms with Crippen LogP contribution in [0.5, 0.6) is 0 Å². The summed E-state index contributed by atoms with van der Waals surface area (Å²) in [5.74, 6) is 1.69. The molecule has 100 valence electrons. The Kier molecular flexibility index (Phi) is 2.81. The second-order valence-corrected chi connectivity index (χ2v) is 5.17. The molecule has 0 aliphatic heterocycles. The van der Waals surface area contributed by atoms with Crippen molar-refractivity contribution in [2.24, 2.45) is 5.41 Å². The van der Waals surface area contributed by atoms with Crippen LogP contribution in [-0.2, 0) is 0 Å². The van der Waals surface area contributed by atoms with Crippen LogP contribution in [0.1, 0.15) is 19.8 Å². The largest absolute Gasteiger partial charge is 0.357 e. The van der Waals surface area contributed by atoms with Gasteiger partial charge >= 0.3 is 0 Å². The molecular weight excluding hydrogens is 242 g/mol.